The summed E-state index contributed by atoms with van der Waals surface area (Å²) in [5, 5.41) is 0. The summed E-state index contributed by atoms with van der Waals surface area (Å²) in [4.78, 5) is 30.8. The van der Waals surface area contributed by atoms with E-state index >= 15 is 0 Å². The summed E-state index contributed by atoms with van der Waals surface area (Å²) in [6.45, 7) is 1.68. The number of carbonyl (C=O) groups is 2. The van der Waals surface area contributed by atoms with Crippen LogP contribution in [0.15, 0.2) is 12.1 Å². The lowest BCUT2D eigenvalue weighted by molar-refractivity contribution is 0.0995. The Labute approximate surface area is 110 Å². The lowest BCUT2D eigenvalue weighted by Crippen LogP contribution is -2.56. The number of rotatable bonds is 1. The molecule has 3 heterocycles. The number of hydrogen-bond acceptors (Lipinski definition) is 4. The number of nitrogens with zero attached hydrogens (tertiary/aromatic N) is 3. The van der Waals surface area contributed by atoms with Gasteiger partial charge in [-0.05, 0) is 25.0 Å². The fraction of sp³-hybridized carbons (Fsp3) is 0.417. The minimum absolute atomic E-state index is 0.0226. The van der Waals surface area contributed by atoms with Gasteiger partial charge < -0.3 is 16.4 Å². The molecule has 1 aromatic rings. The zero-order chi connectivity index (χ0) is 13.6. The second kappa shape index (κ2) is 4.11. The van der Waals surface area contributed by atoms with Crippen LogP contribution >= 0.6 is 0 Å². The quantitative estimate of drug-likeness (QED) is 0.744. The number of nitrogens with two attached hydrogens (primary N) is 2. The molecule has 0 spiro atoms. The zero-order valence-corrected chi connectivity index (χ0v) is 10.4. The molecule has 1 atom stereocenters. The Morgan fingerprint density at radius 1 is 1.32 bits per heavy atom. The van der Waals surface area contributed by atoms with Gasteiger partial charge in [0.05, 0.1) is 11.7 Å². The lowest BCUT2D eigenvalue weighted by Gasteiger charge is -2.45. The first-order chi connectivity index (χ1) is 9.08. The average Bonchev–Trinajstić information content (AvgIpc) is 2.38. The molecule has 1 fully saturated rings. The number of fused-ring (bicyclic) bond motifs is 4. The first kappa shape index (κ1) is 11.8. The van der Waals surface area contributed by atoms with Crippen LogP contribution in [-0.2, 0) is 0 Å². The number of urea groups is 1. The maximum absolute atomic E-state index is 11.7. The molecule has 7 heteroatoms. The van der Waals surface area contributed by atoms with E-state index in [-0.39, 0.29) is 11.7 Å². The number of hydrogen-bond donors (Lipinski definition) is 2. The highest BCUT2D eigenvalue weighted by Gasteiger charge is 2.37. The van der Waals surface area contributed by atoms with Crippen LogP contribution in [0.25, 0.3) is 0 Å². The molecular formula is C12H15N5O2. The minimum Gasteiger partial charge on any atom is -0.366 e. The van der Waals surface area contributed by atoms with E-state index in [4.69, 9.17) is 11.5 Å². The maximum atomic E-state index is 11.7. The summed E-state index contributed by atoms with van der Waals surface area (Å²) < 4.78 is 0. The van der Waals surface area contributed by atoms with Gasteiger partial charge in [0.15, 0.2) is 5.82 Å². The van der Waals surface area contributed by atoms with Crippen molar-refractivity contribution < 1.29 is 9.59 Å². The van der Waals surface area contributed by atoms with E-state index < -0.39 is 11.9 Å². The molecule has 0 saturated carbocycles. The number of primary amides is 2. The van der Waals surface area contributed by atoms with Gasteiger partial charge in [-0.1, -0.05) is 0 Å². The molecule has 0 radical (unpaired) electrons. The number of pyridine rings is 1. The first-order valence-electron chi connectivity index (χ1n) is 6.22. The minimum atomic E-state index is -0.613. The van der Waals surface area contributed by atoms with Gasteiger partial charge in [0.2, 0.25) is 0 Å². The summed E-state index contributed by atoms with van der Waals surface area (Å²) in [6, 6.07) is 2.84. The van der Waals surface area contributed by atoms with Crippen molar-refractivity contribution in [3.05, 3.63) is 17.8 Å². The Bertz CT molecular complexity index is 559. The first-order valence-corrected chi connectivity index (χ1v) is 6.22. The smallest absolute Gasteiger partial charge is 0.320 e. The van der Waals surface area contributed by atoms with Crippen LogP contribution in [0, 0.1) is 0 Å². The lowest BCUT2D eigenvalue weighted by atomic mass is 10.00. The predicted octanol–water partition coefficient (Wildman–Crippen LogP) is 0.0480. The van der Waals surface area contributed by atoms with Gasteiger partial charge in [-0.2, -0.15) is 0 Å². The van der Waals surface area contributed by atoms with Crippen molar-refractivity contribution in [3.8, 4) is 0 Å². The van der Waals surface area contributed by atoms with E-state index in [9.17, 15) is 9.59 Å². The van der Waals surface area contributed by atoms with E-state index in [1.54, 1.807) is 12.1 Å². The van der Waals surface area contributed by atoms with Crippen LogP contribution in [-0.4, -0.2) is 36.1 Å². The molecule has 3 amide bonds. The Morgan fingerprint density at radius 2 is 2.11 bits per heavy atom. The van der Waals surface area contributed by atoms with Crippen LogP contribution in [0.2, 0.25) is 0 Å². The molecule has 19 heavy (non-hydrogen) atoms. The van der Waals surface area contributed by atoms with Crippen molar-refractivity contribution in [2.45, 2.75) is 18.9 Å². The Morgan fingerprint density at radius 3 is 2.79 bits per heavy atom. The molecule has 1 unspecified atom stereocenters. The predicted molar refractivity (Wildman–Crippen MR) is 70.1 cm³/mol. The van der Waals surface area contributed by atoms with E-state index in [0.29, 0.717) is 5.82 Å². The molecule has 4 N–H and O–H groups in total. The Hall–Kier alpha value is -2.31. The average molecular weight is 261 g/mol. The summed E-state index contributed by atoms with van der Waals surface area (Å²) in [5.74, 6) is -0.169. The Kier molecular flexibility index (Phi) is 2.55. The van der Waals surface area contributed by atoms with Gasteiger partial charge in [0.1, 0.15) is 5.69 Å². The molecule has 2 aliphatic rings. The summed E-state index contributed by atoms with van der Waals surface area (Å²) >= 11 is 0. The molecule has 0 aliphatic carbocycles. The van der Waals surface area contributed by atoms with Crippen molar-refractivity contribution >= 4 is 23.4 Å². The topological polar surface area (TPSA) is 106 Å². The second-order valence-corrected chi connectivity index (χ2v) is 4.85. The third-order valence-corrected chi connectivity index (χ3v) is 3.67. The molecule has 0 aromatic carbocycles. The van der Waals surface area contributed by atoms with Crippen molar-refractivity contribution in [2.24, 2.45) is 11.5 Å². The largest absolute Gasteiger partial charge is 0.366 e. The van der Waals surface area contributed by atoms with Crippen molar-refractivity contribution in [2.75, 3.05) is 22.9 Å². The fourth-order valence-corrected chi connectivity index (χ4v) is 2.84. The molecule has 3 rings (SSSR count). The Balaban J connectivity index is 2.14. The van der Waals surface area contributed by atoms with E-state index in [2.05, 4.69) is 9.88 Å². The molecule has 1 saturated heterocycles. The third-order valence-electron chi connectivity index (χ3n) is 3.67. The van der Waals surface area contributed by atoms with Gasteiger partial charge in [0.25, 0.3) is 5.91 Å². The number of piperidine rings is 1. The van der Waals surface area contributed by atoms with Gasteiger partial charge in [0, 0.05) is 13.1 Å². The summed E-state index contributed by atoms with van der Waals surface area (Å²) in [7, 11) is 0. The van der Waals surface area contributed by atoms with Crippen molar-refractivity contribution in [1.82, 2.24) is 4.98 Å². The van der Waals surface area contributed by atoms with Crippen LogP contribution < -0.4 is 21.3 Å². The van der Waals surface area contributed by atoms with Crippen molar-refractivity contribution in [3.63, 3.8) is 0 Å². The van der Waals surface area contributed by atoms with Crippen LogP contribution in [0.1, 0.15) is 23.3 Å². The highest BCUT2D eigenvalue weighted by molar-refractivity contribution is 5.97. The SMILES string of the molecule is NC(=O)c1ccc2c(n1)N(C(N)=O)C1CCCN2C1. The van der Waals surface area contributed by atoms with Crippen molar-refractivity contribution in [1.29, 1.82) is 0 Å². The van der Waals surface area contributed by atoms with E-state index in [1.807, 2.05) is 0 Å². The molecule has 2 bridgehead atoms. The number of carbonyl (C=O) groups excluding carboxylic acids is 2. The second-order valence-electron chi connectivity index (χ2n) is 4.85. The third kappa shape index (κ3) is 1.78. The summed E-state index contributed by atoms with van der Waals surface area (Å²) in [5.41, 5.74) is 11.7. The van der Waals surface area contributed by atoms with E-state index in [0.717, 1.165) is 31.6 Å². The highest BCUT2D eigenvalue weighted by Crippen LogP contribution is 2.37. The molecule has 100 valence electrons. The van der Waals surface area contributed by atoms with Gasteiger partial charge in [-0.15, -0.1) is 0 Å². The number of anilines is 2. The van der Waals surface area contributed by atoms with Gasteiger partial charge in [-0.25, -0.2) is 9.78 Å². The van der Waals surface area contributed by atoms with Crippen LogP contribution in [0.5, 0.6) is 0 Å². The monoisotopic (exact) mass is 261 g/mol. The maximum Gasteiger partial charge on any atom is 0.320 e. The number of aromatic nitrogens is 1. The zero-order valence-electron chi connectivity index (χ0n) is 10.4. The standard InChI is InChI=1S/C12H15N5O2/c13-10(18)8-3-4-9-11(15-8)17(12(14)19)7-2-1-5-16(9)6-7/h3-4,7H,1-2,5-6H2,(H2,13,18)(H2,14,19). The van der Waals surface area contributed by atoms with E-state index in [1.165, 1.54) is 4.90 Å². The molecule has 1 aromatic heterocycles. The van der Waals surface area contributed by atoms with Gasteiger partial charge in [-0.3, -0.25) is 9.69 Å². The molecule has 2 aliphatic heterocycles. The summed E-state index contributed by atoms with van der Waals surface area (Å²) in [6.07, 6.45) is 1.90. The van der Waals surface area contributed by atoms with Crippen LogP contribution in [0.3, 0.4) is 0 Å². The number of amides is 3. The normalized spacial score (nSPS) is 20.9. The highest BCUT2D eigenvalue weighted by atomic mass is 16.2. The van der Waals surface area contributed by atoms with Crippen LogP contribution in [0.4, 0.5) is 16.3 Å². The molecular weight excluding hydrogens is 246 g/mol. The van der Waals surface area contributed by atoms with Gasteiger partial charge >= 0.3 is 6.03 Å². The fourth-order valence-electron chi connectivity index (χ4n) is 2.84. The molecule has 7 nitrogen and oxygen atoms in total.